The normalized spacial score (nSPS) is 19.6. The standard InChI is InChI=1S/C18H20ClN3O3S/c19-14-6-2-1-5-13(14)11-15-17(24)22(18(25)26-15)10-7-20-16(23)12-21-8-3-4-9-21/h1-2,5-6,11H,3-4,7-10,12H2,(H,20,23)/b15-11-. The van der Waals surface area contributed by atoms with Crippen molar-refractivity contribution in [2.75, 3.05) is 32.7 Å². The highest BCUT2D eigenvalue weighted by Crippen LogP contribution is 2.33. The van der Waals surface area contributed by atoms with Crippen LogP contribution in [0.25, 0.3) is 6.08 Å². The van der Waals surface area contributed by atoms with E-state index in [0.29, 0.717) is 22.0 Å². The second-order valence-electron chi connectivity index (χ2n) is 6.19. The summed E-state index contributed by atoms with van der Waals surface area (Å²) in [4.78, 5) is 40.0. The molecule has 6 nitrogen and oxygen atoms in total. The summed E-state index contributed by atoms with van der Waals surface area (Å²) in [6.07, 6.45) is 3.88. The Bertz CT molecular complexity index is 747. The molecule has 26 heavy (non-hydrogen) atoms. The van der Waals surface area contributed by atoms with Gasteiger partial charge in [-0.3, -0.25) is 24.2 Å². The van der Waals surface area contributed by atoms with Gasteiger partial charge in [0, 0.05) is 18.1 Å². The lowest BCUT2D eigenvalue weighted by Gasteiger charge is -2.16. The molecule has 0 unspecified atom stereocenters. The fourth-order valence-electron chi connectivity index (χ4n) is 2.93. The summed E-state index contributed by atoms with van der Waals surface area (Å²) in [7, 11) is 0. The van der Waals surface area contributed by atoms with Crippen molar-refractivity contribution < 1.29 is 14.4 Å². The minimum Gasteiger partial charge on any atom is -0.353 e. The van der Waals surface area contributed by atoms with Crippen molar-refractivity contribution in [3.8, 4) is 0 Å². The molecule has 0 bridgehead atoms. The summed E-state index contributed by atoms with van der Waals surface area (Å²) in [6, 6.07) is 7.14. The van der Waals surface area contributed by atoms with E-state index in [9.17, 15) is 14.4 Å². The first-order valence-corrected chi connectivity index (χ1v) is 9.73. The molecule has 2 aliphatic rings. The van der Waals surface area contributed by atoms with Gasteiger partial charge in [0.25, 0.3) is 11.1 Å². The highest BCUT2D eigenvalue weighted by atomic mass is 35.5. The molecule has 0 spiro atoms. The lowest BCUT2D eigenvalue weighted by atomic mass is 10.2. The zero-order chi connectivity index (χ0) is 18.5. The lowest BCUT2D eigenvalue weighted by Crippen LogP contribution is -2.41. The first-order chi connectivity index (χ1) is 12.5. The van der Waals surface area contributed by atoms with Crippen LogP contribution in [0.1, 0.15) is 18.4 Å². The number of amides is 3. The molecule has 2 aliphatic heterocycles. The van der Waals surface area contributed by atoms with E-state index in [1.807, 2.05) is 6.07 Å². The van der Waals surface area contributed by atoms with Crippen LogP contribution in [-0.4, -0.2) is 59.6 Å². The molecule has 1 aromatic carbocycles. The van der Waals surface area contributed by atoms with Gasteiger partial charge >= 0.3 is 0 Å². The summed E-state index contributed by atoms with van der Waals surface area (Å²) in [5.74, 6) is -0.431. The molecular formula is C18H20ClN3O3S. The molecule has 0 saturated carbocycles. The van der Waals surface area contributed by atoms with E-state index >= 15 is 0 Å². The van der Waals surface area contributed by atoms with Crippen LogP contribution in [-0.2, 0) is 9.59 Å². The fraction of sp³-hybridized carbons (Fsp3) is 0.389. The summed E-state index contributed by atoms with van der Waals surface area (Å²) in [6.45, 7) is 2.68. The first-order valence-electron chi connectivity index (χ1n) is 8.53. The second kappa shape index (κ2) is 8.70. The van der Waals surface area contributed by atoms with Gasteiger partial charge in [-0.25, -0.2) is 0 Å². The summed E-state index contributed by atoms with van der Waals surface area (Å²) < 4.78 is 0. The van der Waals surface area contributed by atoms with E-state index in [0.717, 1.165) is 42.6 Å². The maximum Gasteiger partial charge on any atom is 0.293 e. The number of nitrogens with zero attached hydrogens (tertiary/aromatic N) is 2. The molecule has 138 valence electrons. The molecular weight excluding hydrogens is 374 g/mol. The lowest BCUT2D eigenvalue weighted by molar-refractivity contribution is -0.124. The predicted molar refractivity (Wildman–Crippen MR) is 103 cm³/mol. The van der Waals surface area contributed by atoms with Gasteiger partial charge in [0.2, 0.25) is 5.91 Å². The first kappa shape index (κ1) is 18.9. The Balaban J connectivity index is 1.52. The fourth-order valence-corrected chi connectivity index (χ4v) is 3.98. The van der Waals surface area contributed by atoms with Gasteiger partial charge in [-0.05, 0) is 55.4 Å². The van der Waals surface area contributed by atoms with Crippen molar-refractivity contribution in [2.24, 2.45) is 0 Å². The number of nitrogens with one attached hydrogen (secondary N) is 1. The quantitative estimate of drug-likeness (QED) is 0.752. The second-order valence-corrected chi connectivity index (χ2v) is 7.59. The SMILES string of the molecule is O=C(CN1CCCC1)NCCN1C(=O)S/C(=C\c2ccccc2Cl)C1=O. The van der Waals surface area contributed by atoms with Crippen LogP contribution in [0, 0.1) is 0 Å². The minimum absolute atomic E-state index is 0.0783. The molecule has 0 atom stereocenters. The number of hydrogen-bond donors (Lipinski definition) is 1. The maximum atomic E-state index is 12.4. The van der Waals surface area contributed by atoms with E-state index in [1.165, 1.54) is 0 Å². The van der Waals surface area contributed by atoms with Gasteiger partial charge in [0.15, 0.2) is 0 Å². The van der Waals surface area contributed by atoms with Gasteiger partial charge in [-0.2, -0.15) is 0 Å². The van der Waals surface area contributed by atoms with Gasteiger partial charge in [0.1, 0.15) is 0 Å². The van der Waals surface area contributed by atoms with E-state index in [2.05, 4.69) is 10.2 Å². The van der Waals surface area contributed by atoms with Crippen molar-refractivity contribution in [3.05, 3.63) is 39.8 Å². The zero-order valence-corrected chi connectivity index (χ0v) is 15.8. The Morgan fingerprint density at radius 1 is 1.23 bits per heavy atom. The summed E-state index contributed by atoms with van der Waals surface area (Å²) in [5, 5.41) is 2.96. The molecule has 3 rings (SSSR count). The molecule has 3 amide bonds. The van der Waals surface area contributed by atoms with Crippen LogP contribution in [0.4, 0.5) is 4.79 Å². The van der Waals surface area contributed by atoms with E-state index in [-0.39, 0.29) is 30.1 Å². The number of carbonyl (C=O) groups excluding carboxylic acids is 3. The summed E-state index contributed by atoms with van der Waals surface area (Å²) >= 11 is 6.99. The van der Waals surface area contributed by atoms with Crippen molar-refractivity contribution in [3.63, 3.8) is 0 Å². The van der Waals surface area contributed by atoms with E-state index < -0.39 is 0 Å². The number of thioether (sulfide) groups is 1. The highest BCUT2D eigenvalue weighted by Gasteiger charge is 2.34. The number of carbonyl (C=O) groups is 3. The third kappa shape index (κ3) is 4.66. The molecule has 1 aromatic rings. The monoisotopic (exact) mass is 393 g/mol. The molecule has 2 heterocycles. The average molecular weight is 394 g/mol. The Labute approximate surface area is 161 Å². The number of hydrogen-bond acceptors (Lipinski definition) is 5. The third-order valence-electron chi connectivity index (χ3n) is 4.29. The molecule has 0 aromatic heterocycles. The van der Waals surface area contributed by atoms with Crippen molar-refractivity contribution in [1.29, 1.82) is 0 Å². The Morgan fingerprint density at radius 2 is 1.96 bits per heavy atom. The van der Waals surface area contributed by atoms with E-state index in [4.69, 9.17) is 11.6 Å². The summed E-state index contributed by atoms with van der Waals surface area (Å²) in [5.41, 5.74) is 0.693. The van der Waals surface area contributed by atoms with Crippen molar-refractivity contribution >= 4 is 46.5 Å². The smallest absolute Gasteiger partial charge is 0.293 e. The molecule has 1 N–H and O–H groups in total. The zero-order valence-electron chi connectivity index (χ0n) is 14.2. The van der Waals surface area contributed by atoms with Gasteiger partial charge in [-0.1, -0.05) is 29.8 Å². The Morgan fingerprint density at radius 3 is 2.69 bits per heavy atom. The average Bonchev–Trinajstić information content (AvgIpc) is 3.20. The molecule has 2 saturated heterocycles. The number of benzene rings is 1. The number of rotatable bonds is 6. The van der Waals surface area contributed by atoms with Crippen molar-refractivity contribution in [1.82, 2.24) is 15.1 Å². The minimum atomic E-state index is -0.353. The van der Waals surface area contributed by atoms with Crippen LogP contribution in [0.2, 0.25) is 5.02 Å². The van der Waals surface area contributed by atoms with Gasteiger partial charge in [-0.15, -0.1) is 0 Å². The number of imide groups is 1. The van der Waals surface area contributed by atoms with Crippen LogP contribution in [0.15, 0.2) is 29.2 Å². The predicted octanol–water partition coefficient (Wildman–Crippen LogP) is 2.59. The van der Waals surface area contributed by atoms with Crippen molar-refractivity contribution in [2.45, 2.75) is 12.8 Å². The molecule has 8 heteroatoms. The van der Waals surface area contributed by atoms with Crippen LogP contribution in [0.3, 0.4) is 0 Å². The van der Waals surface area contributed by atoms with E-state index in [1.54, 1.807) is 24.3 Å². The Kier molecular flexibility index (Phi) is 6.34. The number of likely N-dealkylation sites (tertiary alicyclic amines) is 1. The van der Waals surface area contributed by atoms with Gasteiger partial charge in [0.05, 0.1) is 11.4 Å². The third-order valence-corrected chi connectivity index (χ3v) is 5.54. The maximum absolute atomic E-state index is 12.4. The highest BCUT2D eigenvalue weighted by molar-refractivity contribution is 8.18. The van der Waals surface area contributed by atoms with Crippen LogP contribution >= 0.6 is 23.4 Å². The molecule has 0 radical (unpaired) electrons. The topological polar surface area (TPSA) is 69.7 Å². The number of halogens is 1. The van der Waals surface area contributed by atoms with Crippen LogP contribution in [0.5, 0.6) is 0 Å². The largest absolute Gasteiger partial charge is 0.353 e. The Hall–Kier alpha value is -1.83. The molecule has 0 aliphatic carbocycles. The van der Waals surface area contributed by atoms with Crippen LogP contribution < -0.4 is 5.32 Å². The molecule has 2 fully saturated rings. The van der Waals surface area contributed by atoms with Gasteiger partial charge < -0.3 is 5.32 Å².